The molecule has 2 amide bonds. The van der Waals surface area contributed by atoms with Crippen molar-refractivity contribution in [2.45, 2.75) is 46.1 Å². The molecule has 1 saturated carbocycles. The van der Waals surface area contributed by atoms with Gasteiger partial charge in [-0.3, -0.25) is 4.79 Å². The number of amides is 2. The summed E-state index contributed by atoms with van der Waals surface area (Å²) in [5.74, 6) is -1.41. The van der Waals surface area contributed by atoms with Crippen molar-refractivity contribution in [3.63, 3.8) is 0 Å². The molecule has 1 unspecified atom stereocenters. The summed E-state index contributed by atoms with van der Waals surface area (Å²) in [4.78, 5) is 25.1. The Balaban J connectivity index is 2.21. The highest BCUT2D eigenvalue weighted by molar-refractivity contribution is 5.75. The van der Waals surface area contributed by atoms with Crippen molar-refractivity contribution >= 4 is 12.0 Å². The first-order valence-electron chi connectivity index (χ1n) is 7.64. The predicted molar refractivity (Wildman–Crippen MR) is 82.3 cm³/mol. The molecule has 0 spiro atoms. The van der Waals surface area contributed by atoms with Gasteiger partial charge in [0.1, 0.15) is 0 Å². The van der Waals surface area contributed by atoms with E-state index in [-0.39, 0.29) is 18.0 Å². The van der Waals surface area contributed by atoms with Crippen molar-refractivity contribution in [1.29, 1.82) is 0 Å². The van der Waals surface area contributed by atoms with Crippen molar-refractivity contribution in [3.05, 3.63) is 0 Å². The fourth-order valence-corrected chi connectivity index (χ4v) is 2.31. The van der Waals surface area contributed by atoms with Gasteiger partial charge < -0.3 is 20.6 Å². The second kappa shape index (κ2) is 7.64. The monoisotopic (exact) mass is 299 g/mol. The molecule has 0 saturated heterocycles. The molecule has 21 heavy (non-hydrogen) atoms. The SMILES string of the molecule is CN(CCNC(=O)NCC(CC(C)(C)C)C(=O)O)C1CC1. The van der Waals surface area contributed by atoms with Gasteiger partial charge in [-0.05, 0) is 31.7 Å². The molecule has 0 aromatic rings. The quantitative estimate of drug-likeness (QED) is 0.634. The largest absolute Gasteiger partial charge is 0.481 e. The fraction of sp³-hybridized carbons (Fsp3) is 0.867. The third kappa shape index (κ3) is 7.90. The van der Waals surface area contributed by atoms with Crippen LogP contribution in [0.4, 0.5) is 4.79 Å². The Bertz CT molecular complexity index is 362. The molecule has 1 aliphatic carbocycles. The lowest BCUT2D eigenvalue weighted by molar-refractivity contribution is -0.142. The number of hydrogen-bond acceptors (Lipinski definition) is 3. The summed E-state index contributed by atoms with van der Waals surface area (Å²) in [5, 5.41) is 14.6. The Hall–Kier alpha value is -1.30. The minimum absolute atomic E-state index is 0.0752. The van der Waals surface area contributed by atoms with E-state index in [0.717, 1.165) is 6.54 Å². The number of likely N-dealkylation sites (N-methyl/N-ethyl adjacent to an activating group) is 1. The van der Waals surface area contributed by atoms with Gasteiger partial charge >= 0.3 is 12.0 Å². The molecule has 0 aliphatic heterocycles. The molecule has 1 aliphatic rings. The van der Waals surface area contributed by atoms with Crippen molar-refractivity contribution in [3.8, 4) is 0 Å². The molecule has 0 aromatic heterocycles. The number of carboxylic acid groups (broad SMARTS) is 1. The highest BCUT2D eigenvalue weighted by atomic mass is 16.4. The summed E-state index contributed by atoms with van der Waals surface area (Å²) >= 11 is 0. The molecule has 0 bridgehead atoms. The maximum Gasteiger partial charge on any atom is 0.314 e. The van der Waals surface area contributed by atoms with Gasteiger partial charge in [-0.1, -0.05) is 20.8 Å². The van der Waals surface area contributed by atoms with Crippen LogP contribution < -0.4 is 10.6 Å². The summed E-state index contributed by atoms with van der Waals surface area (Å²) in [6, 6.07) is 0.386. The van der Waals surface area contributed by atoms with Gasteiger partial charge in [0.15, 0.2) is 0 Å². The molecule has 6 nitrogen and oxygen atoms in total. The zero-order chi connectivity index (χ0) is 16.0. The number of nitrogens with one attached hydrogen (secondary N) is 2. The third-order valence-electron chi connectivity index (χ3n) is 3.64. The summed E-state index contributed by atoms with van der Waals surface area (Å²) in [6.45, 7) is 7.55. The topological polar surface area (TPSA) is 81.7 Å². The Labute approximate surface area is 127 Å². The van der Waals surface area contributed by atoms with Crippen LogP contribution in [-0.4, -0.2) is 54.7 Å². The van der Waals surface area contributed by atoms with E-state index in [1.165, 1.54) is 12.8 Å². The van der Waals surface area contributed by atoms with E-state index in [2.05, 4.69) is 22.6 Å². The first kappa shape index (κ1) is 17.8. The first-order valence-corrected chi connectivity index (χ1v) is 7.64. The maximum atomic E-state index is 11.7. The van der Waals surface area contributed by atoms with E-state index >= 15 is 0 Å². The van der Waals surface area contributed by atoms with Crippen molar-refractivity contribution < 1.29 is 14.7 Å². The second-order valence-electron chi connectivity index (χ2n) is 7.15. The minimum atomic E-state index is -0.862. The number of carbonyl (C=O) groups is 2. The molecule has 0 aromatic carbocycles. The van der Waals surface area contributed by atoms with Crippen molar-refractivity contribution in [2.75, 3.05) is 26.7 Å². The van der Waals surface area contributed by atoms with Crippen LogP contribution >= 0.6 is 0 Å². The first-order chi connectivity index (χ1) is 9.69. The van der Waals surface area contributed by atoms with E-state index in [9.17, 15) is 14.7 Å². The Kier molecular flexibility index (Phi) is 6.45. The summed E-state index contributed by atoms with van der Waals surface area (Å²) in [7, 11) is 2.06. The number of nitrogens with zero attached hydrogens (tertiary/aromatic N) is 1. The molecule has 0 heterocycles. The lowest BCUT2D eigenvalue weighted by Crippen LogP contribution is -2.43. The molecule has 3 N–H and O–H groups in total. The highest BCUT2D eigenvalue weighted by Crippen LogP contribution is 2.25. The Morgan fingerprint density at radius 3 is 2.38 bits per heavy atom. The van der Waals surface area contributed by atoms with Crippen LogP contribution in [-0.2, 0) is 4.79 Å². The van der Waals surface area contributed by atoms with Crippen LogP contribution in [0, 0.1) is 11.3 Å². The van der Waals surface area contributed by atoms with E-state index in [1.54, 1.807) is 0 Å². The third-order valence-corrected chi connectivity index (χ3v) is 3.64. The average Bonchev–Trinajstić information content (AvgIpc) is 3.16. The van der Waals surface area contributed by atoms with Gasteiger partial charge in [0, 0.05) is 25.7 Å². The van der Waals surface area contributed by atoms with E-state index < -0.39 is 11.9 Å². The molecular formula is C15H29N3O3. The average molecular weight is 299 g/mol. The van der Waals surface area contributed by atoms with Gasteiger partial charge in [0.05, 0.1) is 5.92 Å². The molecule has 1 atom stereocenters. The van der Waals surface area contributed by atoms with E-state index in [0.29, 0.717) is 19.0 Å². The van der Waals surface area contributed by atoms with Gasteiger partial charge in [0.2, 0.25) is 0 Å². The molecule has 0 radical (unpaired) electrons. The zero-order valence-corrected chi connectivity index (χ0v) is 13.6. The number of carbonyl (C=O) groups excluding carboxylic acids is 1. The van der Waals surface area contributed by atoms with E-state index in [4.69, 9.17) is 0 Å². The molecule has 6 heteroatoms. The standard InChI is InChI=1S/C15H29N3O3/c1-15(2,3)9-11(13(19)20)10-17-14(21)16-7-8-18(4)12-5-6-12/h11-12H,5-10H2,1-4H3,(H,19,20)(H2,16,17,21). The summed E-state index contributed by atoms with van der Waals surface area (Å²) in [6.07, 6.45) is 3.03. The zero-order valence-electron chi connectivity index (χ0n) is 13.6. The molecule has 1 rings (SSSR count). The molecular weight excluding hydrogens is 270 g/mol. The van der Waals surface area contributed by atoms with E-state index in [1.807, 2.05) is 20.8 Å². The number of aliphatic carboxylic acids is 1. The van der Waals surface area contributed by atoms with Gasteiger partial charge in [0.25, 0.3) is 0 Å². The van der Waals surface area contributed by atoms with Gasteiger partial charge in [-0.2, -0.15) is 0 Å². The van der Waals surface area contributed by atoms with Gasteiger partial charge in [-0.15, -0.1) is 0 Å². The van der Waals surface area contributed by atoms with Crippen LogP contribution in [0.15, 0.2) is 0 Å². The number of urea groups is 1. The number of hydrogen-bond donors (Lipinski definition) is 3. The maximum absolute atomic E-state index is 11.7. The number of rotatable bonds is 8. The normalized spacial score (nSPS) is 16.6. The summed E-state index contributed by atoms with van der Waals surface area (Å²) in [5.41, 5.74) is -0.0752. The minimum Gasteiger partial charge on any atom is -0.481 e. The van der Waals surface area contributed by atoms with Crippen molar-refractivity contribution in [2.24, 2.45) is 11.3 Å². The van der Waals surface area contributed by atoms with Gasteiger partial charge in [-0.25, -0.2) is 4.79 Å². The van der Waals surface area contributed by atoms with Crippen molar-refractivity contribution in [1.82, 2.24) is 15.5 Å². The van der Waals surface area contributed by atoms with Crippen LogP contribution in [0.5, 0.6) is 0 Å². The predicted octanol–water partition coefficient (Wildman–Crippen LogP) is 1.52. The van der Waals surface area contributed by atoms with Crippen LogP contribution in [0.3, 0.4) is 0 Å². The molecule has 122 valence electrons. The highest BCUT2D eigenvalue weighted by Gasteiger charge is 2.26. The summed E-state index contributed by atoms with van der Waals surface area (Å²) < 4.78 is 0. The lowest BCUT2D eigenvalue weighted by Gasteiger charge is -2.23. The lowest BCUT2D eigenvalue weighted by atomic mass is 9.84. The fourth-order valence-electron chi connectivity index (χ4n) is 2.31. The number of carboxylic acids is 1. The molecule has 1 fully saturated rings. The Morgan fingerprint density at radius 2 is 1.90 bits per heavy atom. The van der Waals surface area contributed by atoms with Crippen LogP contribution in [0.25, 0.3) is 0 Å². The Morgan fingerprint density at radius 1 is 1.29 bits per heavy atom. The smallest absolute Gasteiger partial charge is 0.314 e. The second-order valence-corrected chi connectivity index (χ2v) is 7.15. The van der Waals surface area contributed by atoms with Crippen LogP contribution in [0.1, 0.15) is 40.0 Å². The van der Waals surface area contributed by atoms with Crippen LogP contribution in [0.2, 0.25) is 0 Å².